The molecule has 3 aromatic rings. The van der Waals surface area contributed by atoms with Crippen LogP contribution < -0.4 is 14.4 Å². The lowest BCUT2D eigenvalue weighted by Gasteiger charge is -2.34. The number of anilines is 1. The summed E-state index contributed by atoms with van der Waals surface area (Å²) in [4.78, 5) is 39.1. The van der Waals surface area contributed by atoms with Gasteiger partial charge in [-0.2, -0.15) is 0 Å². The molecule has 0 radical (unpaired) electrons. The van der Waals surface area contributed by atoms with E-state index in [2.05, 4.69) is 5.32 Å². The van der Waals surface area contributed by atoms with Gasteiger partial charge in [0.1, 0.15) is 24.2 Å². The lowest BCUT2D eigenvalue weighted by Crippen LogP contribution is -2.53. The molecule has 3 rings (SSSR count). The van der Waals surface area contributed by atoms with E-state index >= 15 is 0 Å². The molecule has 2 amide bonds. The predicted molar refractivity (Wildman–Crippen MR) is 165 cm³/mol. The number of ether oxygens (including phenoxy) is 1. The fourth-order valence-corrected chi connectivity index (χ4v) is 6.14. The topological polar surface area (TPSA) is 139 Å². The average molecular weight is 649 g/mol. The quantitative estimate of drug-likeness (QED) is 0.198. The molecule has 11 nitrogen and oxygen atoms in total. The van der Waals surface area contributed by atoms with Gasteiger partial charge in [-0.25, -0.2) is 12.8 Å². The summed E-state index contributed by atoms with van der Waals surface area (Å²) in [5, 5.41) is 14.6. The molecule has 0 heterocycles. The van der Waals surface area contributed by atoms with Gasteiger partial charge in [-0.3, -0.25) is 24.0 Å². The second-order valence-corrected chi connectivity index (χ2v) is 12.6. The molecule has 0 saturated heterocycles. The van der Waals surface area contributed by atoms with Gasteiger partial charge in [-0.05, 0) is 69.2 Å². The zero-order valence-electron chi connectivity index (χ0n) is 24.9. The third kappa shape index (κ3) is 8.03. The monoisotopic (exact) mass is 648 g/mol. The summed E-state index contributed by atoms with van der Waals surface area (Å²) >= 11 is 6.24. The van der Waals surface area contributed by atoms with Crippen LogP contribution in [0.2, 0.25) is 5.02 Å². The van der Waals surface area contributed by atoms with Crippen LogP contribution in [0.15, 0.2) is 65.6 Å². The molecule has 0 aromatic heterocycles. The van der Waals surface area contributed by atoms with Crippen molar-refractivity contribution in [3.63, 3.8) is 0 Å². The van der Waals surface area contributed by atoms with Crippen LogP contribution in [-0.2, 0) is 26.2 Å². The van der Waals surface area contributed by atoms with Crippen LogP contribution in [0.5, 0.6) is 5.75 Å². The molecular formula is C30H34ClFN4O7S. The van der Waals surface area contributed by atoms with Crippen LogP contribution >= 0.6 is 11.6 Å². The van der Waals surface area contributed by atoms with Crippen molar-refractivity contribution in [2.75, 3.05) is 18.0 Å². The second kappa shape index (κ2) is 14.5. The van der Waals surface area contributed by atoms with Gasteiger partial charge in [-0.1, -0.05) is 36.7 Å². The lowest BCUT2D eigenvalue weighted by atomic mass is 10.1. The zero-order chi connectivity index (χ0) is 32.8. The fraction of sp³-hybridized carbons (Fsp3) is 0.333. The zero-order valence-corrected chi connectivity index (χ0v) is 26.5. The molecule has 44 heavy (non-hydrogen) atoms. The van der Waals surface area contributed by atoms with Crippen molar-refractivity contribution in [3.05, 3.63) is 92.7 Å². The Hall–Kier alpha value is -4.23. The van der Waals surface area contributed by atoms with E-state index in [1.54, 1.807) is 20.8 Å². The number of nitrogens with one attached hydrogen (secondary N) is 1. The molecule has 0 aliphatic carbocycles. The smallest absolute Gasteiger partial charge is 0.273 e. The molecule has 0 spiro atoms. The highest BCUT2D eigenvalue weighted by Gasteiger charge is 2.35. The number of carbonyl (C=O) groups excluding carboxylic acids is 2. The Labute approximate surface area is 260 Å². The lowest BCUT2D eigenvalue weighted by molar-refractivity contribution is -0.385. The van der Waals surface area contributed by atoms with Gasteiger partial charge >= 0.3 is 0 Å². The summed E-state index contributed by atoms with van der Waals surface area (Å²) in [6.07, 6.45) is 0.183. The van der Waals surface area contributed by atoms with Crippen molar-refractivity contribution >= 4 is 44.8 Å². The van der Waals surface area contributed by atoms with E-state index in [0.717, 1.165) is 10.4 Å². The second-order valence-electron chi connectivity index (χ2n) is 10.3. The van der Waals surface area contributed by atoms with Crippen LogP contribution in [0.4, 0.5) is 15.8 Å². The van der Waals surface area contributed by atoms with Crippen LogP contribution in [0.25, 0.3) is 0 Å². The number of aryl methyl sites for hydroxylation is 1. The molecule has 0 bridgehead atoms. The molecular weight excluding hydrogens is 615 g/mol. The summed E-state index contributed by atoms with van der Waals surface area (Å²) in [7, 11) is -3.36. The molecule has 3 aromatic carbocycles. The average Bonchev–Trinajstić information content (AvgIpc) is 2.96. The molecule has 14 heteroatoms. The maximum absolute atomic E-state index is 14.2. The molecule has 0 unspecified atom stereocenters. The highest BCUT2D eigenvalue weighted by molar-refractivity contribution is 7.92. The summed E-state index contributed by atoms with van der Waals surface area (Å²) in [6.45, 7) is 5.73. The van der Waals surface area contributed by atoms with E-state index < -0.39 is 55.7 Å². The molecule has 1 atom stereocenters. The SMILES string of the molecule is CC[C@@H](C(=O)NC(C)C)N(Cc1ccc(F)cc1)C(=O)CN(c1cc(Cl)ccc1OC)S(=O)(=O)c1ccc(C)c([N+](=O)[O-])c1. The summed E-state index contributed by atoms with van der Waals surface area (Å²) in [5.74, 6) is -1.66. The van der Waals surface area contributed by atoms with Crippen molar-refractivity contribution < 1.29 is 32.1 Å². The Morgan fingerprint density at radius 1 is 1.09 bits per heavy atom. The van der Waals surface area contributed by atoms with Crippen LogP contribution in [-0.4, -0.2) is 55.8 Å². The minimum Gasteiger partial charge on any atom is -0.495 e. The maximum Gasteiger partial charge on any atom is 0.273 e. The van der Waals surface area contributed by atoms with Crippen molar-refractivity contribution in [2.45, 2.75) is 57.6 Å². The van der Waals surface area contributed by atoms with Crippen molar-refractivity contribution in [3.8, 4) is 5.75 Å². The number of carbonyl (C=O) groups is 2. The molecule has 1 N–H and O–H groups in total. The number of halogens is 2. The standard InChI is InChI=1S/C30H34ClFN4O7S/c1-6-25(30(38)33-19(2)3)34(17-21-8-11-23(32)12-9-21)29(37)18-35(27-15-22(31)10-14-28(27)43-5)44(41,42)24-13-7-20(4)26(16-24)36(39)40/h7-16,19,25H,6,17-18H2,1-5H3,(H,33,38)/t25-/m0/s1. The van der Waals surface area contributed by atoms with Gasteiger partial charge in [-0.15, -0.1) is 0 Å². The van der Waals surface area contributed by atoms with E-state index in [0.29, 0.717) is 5.56 Å². The molecule has 0 aliphatic heterocycles. The minimum atomic E-state index is -4.66. The summed E-state index contributed by atoms with van der Waals surface area (Å²) < 4.78 is 48.2. The number of sulfonamides is 1. The highest BCUT2D eigenvalue weighted by atomic mass is 35.5. The first-order chi connectivity index (χ1) is 20.7. The molecule has 0 saturated carbocycles. The largest absolute Gasteiger partial charge is 0.495 e. The number of methoxy groups -OCH3 is 1. The minimum absolute atomic E-state index is 0.0575. The maximum atomic E-state index is 14.2. The Balaban J connectivity index is 2.19. The van der Waals surface area contributed by atoms with Crippen LogP contribution in [0.3, 0.4) is 0 Å². The van der Waals surface area contributed by atoms with E-state index in [-0.39, 0.29) is 41.0 Å². The van der Waals surface area contributed by atoms with E-state index in [1.165, 1.54) is 73.5 Å². The Bertz CT molecular complexity index is 1630. The highest BCUT2D eigenvalue weighted by Crippen LogP contribution is 2.36. The number of rotatable bonds is 13. The normalized spacial score (nSPS) is 12.0. The number of hydrogen-bond donors (Lipinski definition) is 1. The molecule has 0 aliphatic rings. The predicted octanol–water partition coefficient (Wildman–Crippen LogP) is 5.23. The van der Waals surface area contributed by atoms with Gasteiger partial charge in [0.05, 0.1) is 22.6 Å². The first-order valence-electron chi connectivity index (χ1n) is 13.6. The molecule has 0 fully saturated rings. The number of nitrogens with zero attached hydrogens (tertiary/aromatic N) is 3. The van der Waals surface area contributed by atoms with Gasteiger partial charge in [0.2, 0.25) is 11.8 Å². The van der Waals surface area contributed by atoms with E-state index in [9.17, 15) is 32.5 Å². The van der Waals surface area contributed by atoms with Crippen molar-refractivity contribution in [1.82, 2.24) is 10.2 Å². The first kappa shape index (κ1) is 34.3. The van der Waals surface area contributed by atoms with Crippen LogP contribution in [0, 0.1) is 22.9 Å². The van der Waals surface area contributed by atoms with Crippen LogP contribution in [0.1, 0.15) is 38.3 Å². The van der Waals surface area contributed by atoms with E-state index in [1.807, 2.05) is 0 Å². The fourth-order valence-electron chi connectivity index (χ4n) is 4.53. The Morgan fingerprint density at radius 2 is 1.75 bits per heavy atom. The summed E-state index contributed by atoms with van der Waals surface area (Å²) in [5.41, 5.74) is 0.214. The Kier molecular flexibility index (Phi) is 11.3. The van der Waals surface area contributed by atoms with Gasteiger partial charge in [0.25, 0.3) is 15.7 Å². The van der Waals surface area contributed by atoms with E-state index in [4.69, 9.17) is 16.3 Å². The number of amides is 2. The Morgan fingerprint density at radius 3 is 2.32 bits per heavy atom. The molecule has 236 valence electrons. The first-order valence-corrected chi connectivity index (χ1v) is 15.5. The summed E-state index contributed by atoms with van der Waals surface area (Å²) in [6, 6.07) is 11.7. The number of hydrogen-bond acceptors (Lipinski definition) is 7. The number of benzene rings is 3. The third-order valence-electron chi connectivity index (χ3n) is 6.74. The van der Waals surface area contributed by atoms with Gasteiger partial charge in [0.15, 0.2) is 0 Å². The third-order valence-corrected chi connectivity index (χ3v) is 8.73. The van der Waals surface area contributed by atoms with Gasteiger partial charge in [0, 0.05) is 29.2 Å². The van der Waals surface area contributed by atoms with Crippen molar-refractivity contribution in [1.29, 1.82) is 0 Å². The van der Waals surface area contributed by atoms with Gasteiger partial charge < -0.3 is 15.0 Å². The number of nitro groups is 1. The van der Waals surface area contributed by atoms with Crippen molar-refractivity contribution in [2.24, 2.45) is 0 Å². The number of nitro benzene ring substituents is 1.